The van der Waals surface area contributed by atoms with Crippen LogP contribution in [0.2, 0.25) is 0 Å². The first-order chi connectivity index (χ1) is 14.5. The van der Waals surface area contributed by atoms with E-state index in [2.05, 4.69) is 20.8 Å². The Morgan fingerprint density at radius 2 is 1.97 bits per heavy atom. The predicted octanol–water partition coefficient (Wildman–Crippen LogP) is 2.86. The van der Waals surface area contributed by atoms with Gasteiger partial charge in [-0.25, -0.2) is 4.39 Å². The van der Waals surface area contributed by atoms with Crippen LogP contribution in [0.25, 0.3) is 0 Å². The first-order valence-corrected chi connectivity index (χ1v) is 11.2. The van der Waals surface area contributed by atoms with Crippen LogP contribution < -0.4 is 10.6 Å². The molecule has 1 fully saturated rings. The van der Waals surface area contributed by atoms with E-state index in [1.54, 1.807) is 12.1 Å². The molecule has 2 aromatic rings. The van der Waals surface area contributed by atoms with E-state index < -0.39 is 11.7 Å². The Morgan fingerprint density at radius 1 is 1.23 bits per heavy atom. The quantitative estimate of drug-likeness (QED) is 0.625. The smallest absolute Gasteiger partial charge is 0.254 e. The number of aromatic nitrogens is 3. The first kappa shape index (κ1) is 22.3. The summed E-state index contributed by atoms with van der Waals surface area (Å²) < 4.78 is 15.5. The van der Waals surface area contributed by atoms with Crippen molar-refractivity contribution in [2.45, 2.75) is 61.9 Å². The number of nitrogens with one attached hydrogen (secondary N) is 2. The third-order valence-corrected chi connectivity index (χ3v) is 6.41. The average molecular weight is 434 g/mol. The van der Waals surface area contributed by atoms with Crippen molar-refractivity contribution in [3.8, 4) is 0 Å². The van der Waals surface area contributed by atoms with Crippen molar-refractivity contribution in [3.63, 3.8) is 0 Å². The number of amides is 2. The maximum atomic E-state index is 13.7. The lowest BCUT2D eigenvalue weighted by molar-refractivity contribution is -0.121. The number of carbonyl (C=O) groups excluding carboxylic acids is 2. The van der Waals surface area contributed by atoms with Crippen molar-refractivity contribution < 1.29 is 14.0 Å². The Hall–Kier alpha value is -2.42. The van der Waals surface area contributed by atoms with Gasteiger partial charge in [0, 0.05) is 26.1 Å². The molecule has 1 aliphatic rings. The van der Waals surface area contributed by atoms with Gasteiger partial charge in [-0.05, 0) is 31.9 Å². The molecule has 0 unspecified atom stereocenters. The van der Waals surface area contributed by atoms with Crippen LogP contribution in [0.4, 0.5) is 4.39 Å². The van der Waals surface area contributed by atoms with Gasteiger partial charge >= 0.3 is 0 Å². The Kier molecular flexibility index (Phi) is 7.84. The Labute approximate surface area is 180 Å². The van der Waals surface area contributed by atoms with Gasteiger partial charge in [0.1, 0.15) is 11.6 Å². The molecule has 0 radical (unpaired) electrons. The van der Waals surface area contributed by atoms with Crippen LogP contribution in [-0.2, 0) is 18.3 Å². The SMILES string of the molecule is C[C@H](Sc1nnc(CCNC(=O)c2ccccc2F)n1C)C(=O)NC1CCCCC1. The molecule has 2 amide bonds. The Bertz CT molecular complexity index is 882. The summed E-state index contributed by atoms with van der Waals surface area (Å²) in [5.41, 5.74) is 0.0181. The number of benzene rings is 1. The zero-order valence-electron chi connectivity index (χ0n) is 17.4. The molecule has 1 saturated carbocycles. The highest BCUT2D eigenvalue weighted by Crippen LogP contribution is 2.23. The maximum absolute atomic E-state index is 13.7. The molecular weight excluding hydrogens is 405 g/mol. The van der Waals surface area contributed by atoms with Crippen LogP contribution >= 0.6 is 11.8 Å². The molecular formula is C21H28FN5O2S. The van der Waals surface area contributed by atoms with Gasteiger partial charge in [0.15, 0.2) is 5.16 Å². The summed E-state index contributed by atoms with van der Waals surface area (Å²) in [6.45, 7) is 2.17. The minimum atomic E-state index is -0.548. The third kappa shape index (κ3) is 5.81. The zero-order chi connectivity index (χ0) is 21.5. The summed E-state index contributed by atoms with van der Waals surface area (Å²) in [4.78, 5) is 24.6. The monoisotopic (exact) mass is 433 g/mol. The molecule has 1 aromatic carbocycles. The highest BCUT2D eigenvalue weighted by atomic mass is 32.2. The lowest BCUT2D eigenvalue weighted by atomic mass is 9.95. The van der Waals surface area contributed by atoms with Gasteiger partial charge in [0.2, 0.25) is 5.91 Å². The summed E-state index contributed by atoms with van der Waals surface area (Å²) >= 11 is 1.37. The molecule has 1 aromatic heterocycles. The van der Waals surface area contributed by atoms with Gasteiger partial charge in [-0.3, -0.25) is 9.59 Å². The Morgan fingerprint density at radius 3 is 2.70 bits per heavy atom. The standard InChI is InChI=1S/C21H28FN5O2S/c1-14(19(28)24-15-8-4-3-5-9-15)30-21-26-25-18(27(21)2)12-13-23-20(29)16-10-6-7-11-17(16)22/h6-7,10-11,14-15H,3-5,8-9,12-13H2,1-2H3,(H,23,29)(H,24,28)/t14-/m0/s1. The van der Waals surface area contributed by atoms with Crippen LogP contribution in [0.3, 0.4) is 0 Å². The lowest BCUT2D eigenvalue weighted by Crippen LogP contribution is -2.40. The molecule has 0 spiro atoms. The zero-order valence-corrected chi connectivity index (χ0v) is 18.2. The largest absolute Gasteiger partial charge is 0.352 e. The van der Waals surface area contributed by atoms with Crippen LogP contribution in [0.15, 0.2) is 29.4 Å². The summed E-state index contributed by atoms with van der Waals surface area (Å²) in [7, 11) is 1.84. The van der Waals surface area contributed by atoms with Crippen molar-refractivity contribution in [3.05, 3.63) is 41.5 Å². The van der Waals surface area contributed by atoms with Crippen molar-refractivity contribution in [2.24, 2.45) is 7.05 Å². The fourth-order valence-corrected chi connectivity index (χ4v) is 4.31. The second-order valence-electron chi connectivity index (χ2n) is 7.55. The van der Waals surface area contributed by atoms with Gasteiger partial charge in [-0.2, -0.15) is 0 Å². The van der Waals surface area contributed by atoms with E-state index in [-0.39, 0.29) is 22.8 Å². The molecule has 2 N–H and O–H groups in total. The van der Waals surface area contributed by atoms with Gasteiger partial charge in [0.05, 0.1) is 10.8 Å². The average Bonchev–Trinajstić information content (AvgIpc) is 3.08. The van der Waals surface area contributed by atoms with Crippen LogP contribution in [-0.4, -0.2) is 44.4 Å². The number of thioether (sulfide) groups is 1. The van der Waals surface area contributed by atoms with E-state index in [1.807, 2.05) is 18.5 Å². The van der Waals surface area contributed by atoms with E-state index in [0.29, 0.717) is 23.9 Å². The summed E-state index contributed by atoms with van der Waals surface area (Å²) in [5.74, 6) is -0.300. The van der Waals surface area contributed by atoms with Crippen LogP contribution in [0.1, 0.15) is 55.2 Å². The Balaban J connectivity index is 1.48. The highest BCUT2D eigenvalue weighted by molar-refractivity contribution is 8.00. The van der Waals surface area contributed by atoms with Gasteiger partial charge in [-0.15, -0.1) is 10.2 Å². The van der Waals surface area contributed by atoms with Gasteiger partial charge in [0.25, 0.3) is 5.91 Å². The highest BCUT2D eigenvalue weighted by Gasteiger charge is 2.22. The molecule has 1 heterocycles. The molecule has 162 valence electrons. The maximum Gasteiger partial charge on any atom is 0.254 e. The van der Waals surface area contributed by atoms with Crippen molar-refractivity contribution in [2.75, 3.05) is 6.54 Å². The first-order valence-electron chi connectivity index (χ1n) is 10.3. The molecule has 30 heavy (non-hydrogen) atoms. The molecule has 9 heteroatoms. The van der Waals surface area contributed by atoms with Gasteiger partial charge in [-0.1, -0.05) is 43.2 Å². The fourth-order valence-electron chi connectivity index (χ4n) is 3.47. The number of halogens is 1. The van der Waals surface area contributed by atoms with Gasteiger partial charge < -0.3 is 15.2 Å². The van der Waals surface area contributed by atoms with Crippen molar-refractivity contribution >= 4 is 23.6 Å². The third-order valence-electron chi connectivity index (χ3n) is 5.28. The molecule has 1 atom stereocenters. The number of nitrogens with zero attached hydrogens (tertiary/aromatic N) is 3. The summed E-state index contributed by atoms with van der Waals surface area (Å²) in [6.07, 6.45) is 6.15. The summed E-state index contributed by atoms with van der Waals surface area (Å²) in [5, 5.41) is 14.6. The van der Waals surface area contributed by atoms with E-state index in [0.717, 1.165) is 12.8 Å². The second kappa shape index (κ2) is 10.6. The second-order valence-corrected chi connectivity index (χ2v) is 8.86. The molecule has 1 aliphatic carbocycles. The minimum Gasteiger partial charge on any atom is -0.352 e. The molecule has 0 saturated heterocycles. The molecule has 3 rings (SSSR count). The van der Waals surface area contributed by atoms with Crippen molar-refractivity contribution in [1.29, 1.82) is 0 Å². The normalized spacial score (nSPS) is 15.6. The lowest BCUT2D eigenvalue weighted by Gasteiger charge is -2.24. The topological polar surface area (TPSA) is 88.9 Å². The summed E-state index contributed by atoms with van der Waals surface area (Å²) in [6, 6.07) is 6.15. The van der Waals surface area contributed by atoms with E-state index in [9.17, 15) is 14.0 Å². The van der Waals surface area contributed by atoms with Crippen molar-refractivity contribution in [1.82, 2.24) is 25.4 Å². The number of hydrogen-bond acceptors (Lipinski definition) is 5. The predicted molar refractivity (Wildman–Crippen MR) is 114 cm³/mol. The van der Waals surface area contributed by atoms with E-state index in [1.165, 1.54) is 43.2 Å². The number of carbonyl (C=O) groups is 2. The minimum absolute atomic E-state index is 0.0181. The van der Waals surface area contributed by atoms with Crippen LogP contribution in [0, 0.1) is 5.82 Å². The van der Waals surface area contributed by atoms with Crippen LogP contribution in [0.5, 0.6) is 0 Å². The fraction of sp³-hybridized carbons (Fsp3) is 0.524. The molecule has 7 nitrogen and oxygen atoms in total. The van der Waals surface area contributed by atoms with E-state index in [4.69, 9.17) is 0 Å². The number of rotatable bonds is 8. The number of hydrogen-bond donors (Lipinski definition) is 2. The van der Waals surface area contributed by atoms with E-state index >= 15 is 0 Å². The molecule has 0 bridgehead atoms. The molecule has 0 aliphatic heterocycles.